The molecule has 1 aromatic heterocycles. The molecule has 2 rings (SSSR count). The number of anilines is 1. The van der Waals surface area contributed by atoms with Gasteiger partial charge in [0.1, 0.15) is 5.82 Å². The Hall–Kier alpha value is -2.41. The topological polar surface area (TPSA) is 78.4 Å². The fourth-order valence-corrected chi connectivity index (χ4v) is 2.40. The first-order valence-corrected chi connectivity index (χ1v) is 7.09. The Morgan fingerprint density at radius 2 is 2.10 bits per heavy atom. The molecule has 2 amide bonds. The minimum absolute atomic E-state index is 0.224. The number of carboxylic acid groups (broad SMARTS) is 1. The Bertz CT molecular complexity index is 644. The van der Waals surface area contributed by atoms with Crippen LogP contribution >= 0.6 is 11.3 Å². The number of aromatic carboxylic acids is 1. The summed E-state index contributed by atoms with van der Waals surface area (Å²) in [5.41, 5.74) is 0.878. The number of hydrogen-bond donors (Lipinski definition) is 3. The molecule has 0 atom stereocenters. The van der Waals surface area contributed by atoms with Crippen molar-refractivity contribution in [3.63, 3.8) is 0 Å². The summed E-state index contributed by atoms with van der Waals surface area (Å²) in [6.45, 7) is 0.454. The molecular formula is C14H13FN2O3S. The van der Waals surface area contributed by atoms with Crippen molar-refractivity contribution in [3.05, 3.63) is 52.0 Å². The van der Waals surface area contributed by atoms with Crippen LogP contribution in [0.2, 0.25) is 0 Å². The lowest BCUT2D eigenvalue weighted by Gasteiger charge is -2.08. The molecule has 0 saturated heterocycles. The summed E-state index contributed by atoms with van der Waals surface area (Å²) in [5, 5.41) is 17.9. The van der Waals surface area contributed by atoms with Crippen LogP contribution in [0.5, 0.6) is 0 Å². The minimum Gasteiger partial charge on any atom is -0.478 e. The molecule has 2 aromatic rings. The first kappa shape index (κ1) is 15.0. The van der Waals surface area contributed by atoms with E-state index in [1.807, 2.05) is 16.8 Å². The van der Waals surface area contributed by atoms with E-state index in [4.69, 9.17) is 5.11 Å². The molecule has 110 valence electrons. The van der Waals surface area contributed by atoms with E-state index in [-0.39, 0.29) is 5.69 Å². The Kier molecular flexibility index (Phi) is 4.89. The average Bonchev–Trinajstić information content (AvgIpc) is 2.94. The Balaban J connectivity index is 1.87. The highest BCUT2D eigenvalue weighted by Crippen LogP contribution is 2.14. The molecule has 21 heavy (non-hydrogen) atoms. The van der Waals surface area contributed by atoms with Gasteiger partial charge in [0, 0.05) is 12.2 Å². The van der Waals surface area contributed by atoms with Crippen LogP contribution in [0.1, 0.15) is 15.9 Å². The molecule has 0 aliphatic heterocycles. The third-order valence-electron chi connectivity index (χ3n) is 2.73. The first-order chi connectivity index (χ1) is 10.1. The predicted molar refractivity (Wildman–Crippen MR) is 78.4 cm³/mol. The van der Waals surface area contributed by atoms with Crippen LogP contribution in [-0.4, -0.2) is 23.7 Å². The van der Waals surface area contributed by atoms with Crippen LogP contribution in [0.15, 0.2) is 35.0 Å². The van der Waals surface area contributed by atoms with Gasteiger partial charge in [0.25, 0.3) is 0 Å². The number of benzene rings is 1. The third-order valence-corrected chi connectivity index (χ3v) is 3.47. The number of hydrogen-bond acceptors (Lipinski definition) is 3. The Labute approximate surface area is 124 Å². The minimum atomic E-state index is -1.38. The van der Waals surface area contributed by atoms with E-state index in [0.717, 1.165) is 17.7 Å². The van der Waals surface area contributed by atoms with Gasteiger partial charge in [0.05, 0.1) is 5.56 Å². The maximum absolute atomic E-state index is 13.2. The molecule has 0 fully saturated rings. The average molecular weight is 308 g/mol. The molecule has 0 aliphatic carbocycles. The number of carbonyl (C=O) groups excluding carboxylic acids is 1. The molecule has 1 heterocycles. The number of amides is 2. The van der Waals surface area contributed by atoms with Crippen LogP contribution < -0.4 is 10.6 Å². The molecule has 7 heteroatoms. The van der Waals surface area contributed by atoms with E-state index in [0.29, 0.717) is 13.0 Å². The standard InChI is InChI=1S/C14H13FN2O3S/c15-12-2-1-10(7-11(12)13(18)19)17-14(20)16-5-3-9-4-6-21-8-9/h1-2,4,6-8H,3,5H2,(H,18,19)(H2,16,17,20). The Morgan fingerprint density at radius 3 is 2.76 bits per heavy atom. The lowest BCUT2D eigenvalue weighted by atomic mass is 10.2. The highest BCUT2D eigenvalue weighted by molar-refractivity contribution is 7.07. The zero-order chi connectivity index (χ0) is 15.2. The van der Waals surface area contributed by atoms with Crippen LogP contribution in [0.3, 0.4) is 0 Å². The molecule has 0 aliphatic rings. The van der Waals surface area contributed by atoms with Gasteiger partial charge in [-0.15, -0.1) is 0 Å². The summed E-state index contributed by atoms with van der Waals surface area (Å²) in [6.07, 6.45) is 0.709. The fourth-order valence-electron chi connectivity index (χ4n) is 1.70. The van der Waals surface area contributed by atoms with E-state index in [2.05, 4.69) is 10.6 Å². The first-order valence-electron chi connectivity index (χ1n) is 6.15. The van der Waals surface area contributed by atoms with Gasteiger partial charge < -0.3 is 15.7 Å². The second kappa shape index (κ2) is 6.85. The van der Waals surface area contributed by atoms with Gasteiger partial charge in [0.15, 0.2) is 0 Å². The van der Waals surface area contributed by atoms with Gasteiger partial charge in [-0.1, -0.05) is 0 Å². The summed E-state index contributed by atoms with van der Waals surface area (Å²) in [6, 6.07) is 4.90. The van der Waals surface area contributed by atoms with Crippen molar-refractivity contribution < 1.29 is 19.1 Å². The van der Waals surface area contributed by atoms with Crippen molar-refractivity contribution in [2.24, 2.45) is 0 Å². The lowest BCUT2D eigenvalue weighted by Crippen LogP contribution is -2.30. The highest BCUT2D eigenvalue weighted by Gasteiger charge is 2.11. The van der Waals surface area contributed by atoms with Crippen molar-refractivity contribution in [2.45, 2.75) is 6.42 Å². The summed E-state index contributed by atoms with van der Waals surface area (Å²) < 4.78 is 13.2. The number of urea groups is 1. The van der Waals surface area contributed by atoms with E-state index in [1.54, 1.807) is 11.3 Å². The number of rotatable bonds is 5. The van der Waals surface area contributed by atoms with Gasteiger partial charge >= 0.3 is 12.0 Å². The number of thiophene rings is 1. The molecule has 0 radical (unpaired) electrons. The van der Waals surface area contributed by atoms with Gasteiger partial charge in [-0.3, -0.25) is 0 Å². The number of nitrogens with one attached hydrogen (secondary N) is 2. The van der Waals surface area contributed by atoms with Crippen molar-refractivity contribution in [2.75, 3.05) is 11.9 Å². The van der Waals surface area contributed by atoms with Crippen molar-refractivity contribution in [3.8, 4) is 0 Å². The van der Waals surface area contributed by atoms with E-state index in [9.17, 15) is 14.0 Å². The third kappa shape index (κ3) is 4.28. The molecule has 0 bridgehead atoms. The summed E-state index contributed by atoms with van der Waals surface area (Å²) in [5.74, 6) is -2.22. The van der Waals surface area contributed by atoms with Crippen molar-refractivity contribution >= 4 is 29.0 Å². The molecular weight excluding hydrogens is 295 g/mol. The van der Waals surface area contributed by atoms with E-state index >= 15 is 0 Å². The molecule has 1 aromatic carbocycles. The van der Waals surface area contributed by atoms with Crippen LogP contribution in [-0.2, 0) is 6.42 Å². The summed E-state index contributed by atoms with van der Waals surface area (Å²) >= 11 is 1.59. The van der Waals surface area contributed by atoms with Gasteiger partial charge in [-0.25, -0.2) is 14.0 Å². The fraction of sp³-hybridized carbons (Fsp3) is 0.143. The van der Waals surface area contributed by atoms with Gasteiger partial charge in [-0.05, 0) is 47.0 Å². The van der Waals surface area contributed by atoms with Crippen LogP contribution in [0.4, 0.5) is 14.9 Å². The molecule has 3 N–H and O–H groups in total. The molecule has 0 saturated carbocycles. The second-order valence-electron chi connectivity index (χ2n) is 4.26. The predicted octanol–water partition coefficient (Wildman–Crippen LogP) is 2.95. The summed E-state index contributed by atoms with van der Waals surface area (Å²) in [4.78, 5) is 22.4. The number of halogens is 1. The zero-order valence-electron chi connectivity index (χ0n) is 10.9. The van der Waals surface area contributed by atoms with E-state index < -0.39 is 23.4 Å². The smallest absolute Gasteiger partial charge is 0.338 e. The van der Waals surface area contributed by atoms with Crippen molar-refractivity contribution in [1.29, 1.82) is 0 Å². The lowest BCUT2D eigenvalue weighted by molar-refractivity contribution is 0.0692. The zero-order valence-corrected chi connectivity index (χ0v) is 11.7. The maximum Gasteiger partial charge on any atom is 0.338 e. The quantitative estimate of drug-likeness (QED) is 0.794. The van der Waals surface area contributed by atoms with Crippen LogP contribution in [0, 0.1) is 5.82 Å². The van der Waals surface area contributed by atoms with Crippen LogP contribution in [0.25, 0.3) is 0 Å². The van der Waals surface area contributed by atoms with Gasteiger partial charge in [-0.2, -0.15) is 11.3 Å². The highest BCUT2D eigenvalue weighted by atomic mass is 32.1. The molecule has 0 spiro atoms. The molecule has 0 unspecified atom stereocenters. The SMILES string of the molecule is O=C(NCCc1ccsc1)Nc1ccc(F)c(C(=O)O)c1. The van der Waals surface area contributed by atoms with Crippen molar-refractivity contribution in [1.82, 2.24) is 5.32 Å². The largest absolute Gasteiger partial charge is 0.478 e. The molecule has 5 nitrogen and oxygen atoms in total. The van der Waals surface area contributed by atoms with Gasteiger partial charge in [0.2, 0.25) is 0 Å². The Morgan fingerprint density at radius 1 is 1.29 bits per heavy atom. The number of carbonyl (C=O) groups is 2. The normalized spacial score (nSPS) is 10.1. The number of carboxylic acids is 1. The monoisotopic (exact) mass is 308 g/mol. The maximum atomic E-state index is 13.2. The second-order valence-corrected chi connectivity index (χ2v) is 5.04. The summed E-state index contributed by atoms with van der Waals surface area (Å²) in [7, 11) is 0. The van der Waals surface area contributed by atoms with E-state index in [1.165, 1.54) is 6.07 Å².